The number of likely N-dealkylation sites (tertiary alicyclic amines) is 1. The zero-order valence-corrected chi connectivity index (χ0v) is 17.8. The van der Waals surface area contributed by atoms with Gasteiger partial charge in [-0.3, -0.25) is 4.99 Å². The molecule has 1 fully saturated rings. The molecule has 3 rings (SSSR count). The summed E-state index contributed by atoms with van der Waals surface area (Å²) >= 11 is 0. The van der Waals surface area contributed by atoms with Crippen molar-refractivity contribution in [1.29, 1.82) is 0 Å². The molecule has 5 nitrogen and oxygen atoms in total. The molecule has 144 valence electrons. The Hall–Kier alpha value is -1.35. The van der Waals surface area contributed by atoms with Gasteiger partial charge in [0.15, 0.2) is 5.96 Å². The van der Waals surface area contributed by atoms with E-state index in [1.165, 1.54) is 44.5 Å². The first-order valence-electron chi connectivity index (χ1n) is 9.02. The Bertz CT molecular complexity index is 740. The minimum Gasteiger partial charge on any atom is -0.459 e. The zero-order chi connectivity index (χ0) is 17.6. The Balaban J connectivity index is 0.00000243. The van der Waals surface area contributed by atoms with E-state index < -0.39 is 0 Å². The Labute approximate surface area is 171 Å². The summed E-state index contributed by atoms with van der Waals surface area (Å²) in [5.74, 6) is 1.31. The number of aliphatic imine (C=N–C) groups is 1. The van der Waals surface area contributed by atoms with Crippen molar-refractivity contribution in [2.45, 2.75) is 32.7 Å². The predicted molar refractivity (Wildman–Crippen MR) is 115 cm³/mol. The van der Waals surface area contributed by atoms with Crippen molar-refractivity contribution in [3.05, 3.63) is 35.3 Å². The third kappa shape index (κ3) is 5.33. The summed E-state index contributed by atoms with van der Waals surface area (Å²) in [5.41, 5.74) is 1.68. The smallest absolute Gasteiger partial charge is 0.191 e. The van der Waals surface area contributed by atoms with Gasteiger partial charge in [0, 0.05) is 31.1 Å². The molecule has 0 amide bonds. The number of fused-ring (bicyclic) bond motifs is 1. The van der Waals surface area contributed by atoms with Crippen LogP contribution >= 0.6 is 24.0 Å². The number of benzene rings is 1. The quantitative estimate of drug-likeness (QED) is 0.395. The Morgan fingerprint density at radius 3 is 2.73 bits per heavy atom. The van der Waals surface area contributed by atoms with E-state index in [0.717, 1.165) is 35.8 Å². The molecule has 0 unspecified atom stereocenters. The van der Waals surface area contributed by atoms with Crippen LogP contribution in [0, 0.1) is 12.7 Å². The molecule has 2 N–H and O–H groups in total. The topological polar surface area (TPSA) is 52.8 Å². The van der Waals surface area contributed by atoms with Crippen LogP contribution in [-0.4, -0.2) is 44.1 Å². The maximum absolute atomic E-state index is 13.4. The van der Waals surface area contributed by atoms with Crippen molar-refractivity contribution in [2.24, 2.45) is 4.99 Å². The zero-order valence-electron chi connectivity index (χ0n) is 15.5. The number of aryl methyl sites for hydroxylation is 1. The van der Waals surface area contributed by atoms with Gasteiger partial charge in [-0.25, -0.2) is 4.39 Å². The first kappa shape index (κ1) is 21.0. The lowest BCUT2D eigenvalue weighted by Gasteiger charge is -2.26. The second kappa shape index (κ2) is 10.1. The lowest BCUT2D eigenvalue weighted by Crippen LogP contribution is -2.42. The summed E-state index contributed by atoms with van der Waals surface area (Å²) < 4.78 is 19.2. The molecular formula is C19H28FIN4O. The second-order valence-electron chi connectivity index (χ2n) is 6.55. The van der Waals surface area contributed by atoms with Crippen molar-refractivity contribution in [2.75, 3.05) is 33.2 Å². The fraction of sp³-hybridized carbons (Fsp3) is 0.526. The fourth-order valence-electron chi connectivity index (χ4n) is 3.31. The van der Waals surface area contributed by atoms with E-state index in [4.69, 9.17) is 4.42 Å². The maximum atomic E-state index is 13.4. The van der Waals surface area contributed by atoms with E-state index in [1.54, 1.807) is 13.1 Å². The molecule has 1 aromatic carbocycles. The van der Waals surface area contributed by atoms with Gasteiger partial charge in [0.2, 0.25) is 0 Å². The molecule has 0 atom stereocenters. The molecule has 26 heavy (non-hydrogen) atoms. The Kier molecular flexibility index (Phi) is 8.15. The van der Waals surface area contributed by atoms with E-state index in [9.17, 15) is 4.39 Å². The minimum atomic E-state index is -0.244. The summed E-state index contributed by atoms with van der Waals surface area (Å²) in [4.78, 5) is 6.75. The summed E-state index contributed by atoms with van der Waals surface area (Å²) in [6.45, 7) is 6.76. The van der Waals surface area contributed by atoms with Crippen LogP contribution in [0.15, 0.2) is 27.6 Å². The number of guanidine groups is 1. The average molecular weight is 474 g/mol. The molecule has 1 saturated heterocycles. The highest BCUT2D eigenvalue weighted by molar-refractivity contribution is 14.0. The molecule has 0 aliphatic carbocycles. The van der Waals surface area contributed by atoms with Crippen LogP contribution in [0.4, 0.5) is 4.39 Å². The number of hydrogen-bond acceptors (Lipinski definition) is 3. The van der Waals surface area contributed by atoms with Gasteiger partial charge in [-0.05, 0) is 51.1 Å². The molecule has 7 heteroatoms. The van der Waals surface area contributed by atoms with E-state index in [2.05, 4.69) is 20.5 Å². The summed E-state index contributed by atoms with van der Waals surface area (Å²) in [7, 11) is 1.76. The number of rotatable bonds is 5. The lowest BCUT2D eigenvalue weighted by molar-refractivity contribution is 0.232. The van der Waals surface area contributed by atoms with Crippen LogP contribution in [-0.2, 0) is 6.54 Å². The highest BCUT2D eigenvalue weighted by Crippen LogP contribution is 2.25. The van der Waals surface area contributed by atoms with Crippen molar-refractivity contribution >= 4 is 40.9 Å². The molecule has 0 bridgehead atoms. The molecule has 0 spiro atoms. The third-order valence-electron chi connectivity index (χ3n) is 4.81. The third-order valence-corrected chi connectivity index (χ3v) is 4.81. The molecule has 1 aliphatic rings. The van der Waals surface area contributed by atoms with Gasteiger partial charge in [0.1, 0.15) is 17.2 Å². The van der Waals surface area contributed by atoms with Crippen LogP contribution in [0.2, 0.25) is 0 Å². The number of piperidine rings is 1. The lowest BCUT2D eigenvalue weighted by atomic mass is 10.1. The van der Waals surface area contributed by atoms with E-state index >= 15 is 0 Å². The van der Waals surface area contributed by atoms with Crippen LogP contribution < -0.4 is 10.6 Å². The van der Waals surface area contributed by atoms with Gasteiger partial charge in [-0.1, -0.05) is 6.42 Å². The summed E-state index contributed by atoms with van der Waals surface area (Å²) in [5, 5.41) is 7.44. The number of halogens is 2. The van der Waals surface area contributed by atoms with Gasteiger partial charge in [0.05, 0.1) is 6.54 Å². The van der Waals surface area contributed by atoms with Crippen molar-refractivity contribution in [1.82, 2.24) is 15.5 Å². The van der Waals surface area contributed by atoms with Crippen molar-refractivity contribution < 1.29 is 8.81 Å². The van der Waals surface area contributed by atoms with Crippen LogP contribution in [0.3, 0.4) is 0 Å². The van der Waals surface area contributed by atoms with Gasteiger partial charge < -0.3 is 20.0 Å². The number of nitrogens with one attached hydrogen (secondary N) is 2. The van der Waals surface area contributed by atoms with Crippen molar-refractivity contribution in [3.8, 4) is 0 Å². The van der Waals surface area contributed by atoms with E-state index in [-0.39, 0.29) is 29.8 Å². The van der Waals surface area contributed by atoms with Gasteiger partial charge in [0.25, 0.3) is 0 Å². The highest BCUT2D eigenvalue weighted by Gasteiger charge is 2.12. The average Bonchev–Trinajstić information content (AvgIpc) is 2.94. The number of nitrogens with zero attached hydrogens (tertiary/aromatic N) is 2. The summed E-state index contributed by atoms with van der Waals surface area (Å²) in [6.07, 6.45) is 3.96. The SMILES string of the molecule is CN=C(NCCN1CCCCC1)NCc1oc2ccc(F)cc2c1C.I. The van der Waals surface area contributed by atoms with E-state index in [0.29, 0.717) is 12.1 Å². The largest absolute Gasteiger partial charge is 0.459 e. The highest BCUT2D eigenvalue weighted by atomic mass is 127. The van der Waals surface area contributed by atoms with E-state index in [1.807, 2.05) is 6.92 Å². The monoisotopic (exact) mass is 474 g/mol. The molecule has 1 aromatic heterocycles. The predicted octanol–water partition coefficient (Wildman–Crippen LogP) is 3.65. The number of furan rings is 1. The Morgan fingerprint density at radius 1 is 1.23 bits per heavy atom. The van der Waals surface area contributed by atoms with Crippen LogP contribution in [0.1, 0.15) is 30.6 Å². The summed E-state index contributed by atoms with van der Waals surface area (Å²) in [6, 6.07) is 4.61. The second-order valence-corrected chi connectivity index (χ2v) is 6.55. The van der Waals surface area contributed by atoms with Gasteiger partial charge >= 0.3 is 0 Å². The van der Waals surface area contributed by atoms with Gasteiger partial charge in [-0.15, -0.1) is 24.0 Å². The molecule has 0 saturated carbocycles. The molecule has 0 radical (unpaired) electrons. The number of hydrogen-bond donors (Lipinski definition) is 2. The minimum absolute atomic E-state index is 0. The van der Waals surface area contributed by atoms with Crippen LogP contribution in [0.25, 0.3) is 11.0 Å². The molecular weight excluding hydrogens is 446 g/mol. The Morgan fingerprint density at radius 2 is 2.00 bits per heavy atom. The van der Waals surface area contributed by atoms with Crippen LogP contribution in [0.5, 0.6) is 0 Å². The fourth-order valence-corrected chi connectivity index (χ4v) is 3.31. The maximum Gasteiger partial charge on any atom is 0.191 e. The molecule has 2 heterocycles. The normalized spacial score (nSPS) is 15.7. The van der Waals surface area contributed by atoms with Gasteiger partial charge in [-0.2, -0.15) is 0 Å². The van der Waals surface area contributed by atoms with Crippen molar-refractivity contribution in [3.63, 3.8) is 0 Å². The molecule has 2 aromatic rings. The first-order chi connectivity index (χ1) is 12.2. The molecule has 1 aliphatic heterocycles. The first-order valence-corrected chi connectivity index (χ1v) is 9.02. The standard InChI is InChI=1S/C19H27FN4O.HI/c1-14-16-12-15(20)6-7-17(16)25-18(14)13-23-19(21-2)22-8-11-24-9-4-3-5-10-24;/h6-7,12H,3-5,8-11,13H2,1-2H3,(H2,21,22,23);1H.